The van der Waals surface area contributed by atoms with Gasteiger partial charge in [-0.3, -0.25) is 0 Å². The Hall–Kier alpha value is -2.08. The van der Waals surface area contributed by atoms with Crippen LogP contribution in [-0.4, -0.2) is 17.6 Å². The highest BCUT2D eigenvalue weighted by Gasteiger charge is 2.14. The zero-order valence-corrected chi connectivity index (χ0v) is 12.3. The molecule has 106 valence electrons. The lowest BCUT2D eigenvalue weighted by Crippen LogP contribution is -2.11. The fourth-order valence-electron chi connectivity index (χ4n) is 1.81. The Morgan fingerprint density at radius 1 is 1.50 bits per heavy atom. The first-order valence-corrected chi connectivity index (χ1v) is 7.14. The molecule has 1 aromatic carbocycles. The van der Waals surface area contributed by atoms with Crippen molar-refractivity contribution in [1.29, 1.82) is 0 Å². The molecule has 0 radical (unpaired) electrons. The van der Waals surface area contributed by atoms with Crippen LogP contribution in [0.1, 0.15) is 27.2 Å². The first-order chi connectivity index (χ1) is 9.61. The quantitative estimate of drug-likeness (QED) is 0.654. The van der Waals surface area contributed by atoms with Gasteiger partial charge in [-0.05, 0) is 26.0 Å². The fourth-order valence-corrected chi connectivity index (χ4v) is 2.54. The van der Waals surface area contributed by atoms with E-state index in [-0.39, 0.29) is 5.97 Å². The topological polar surface area (TPSA) is 77.2 Å². The monoisotopic (exact) mass is 291 g/mol. The van der Waals surface area contributed by atoms with E-state index in [4.69, 9.17) is 10.5 Å². The maximum atomic E-state index is 11.9. The summed E-state index contributed by atoms with van der Waals surface area (Å²) in [5, 5.41) is 4.20. The Labute approximate surface area is 121 Å². The Bertz CT molecular complexity index is 610. The van der Waals surface area contributed by atoms with Gasteiger partial charge in [0.05, 0.1) is 35.1 Å². The summed E-state index contributed by atoms with van der Waals surface area (Å²) in [5.74, 6) is -0.372. The minimum Gasteiger partial charge on any atom is -0.462 e. The number of esters is 1. The van der Waals surface area contributed by atoms with Crippen LogP contribution in [0.4, 0.5) is 11.4 Å². The number of nitrogens with zero attached hydrogens (tertiary/aromatic N) is 1. The van der Waals surface area contributed by atoms with Gasteiger partial charge in [-0.25, -0.2) is 9.78 Å². The average Bonchev–Trinajstić information content (AvgIpc) is 2.83. The van der Waals surface area contributed by atoms with Crippen molar-refractivity contribution in [3.8, 4) is 0 Å². The van der Waals surface area contributed by atoms with Crippen molar-refractivity contribution in [3.05, 3.63) is 39.8 Å². The van der Waals surface area contributed by atoms with E-state index in [9.17, 15) is 4.79 Å². The van der Waals surface area contributed by atoms with E-state index < -0.39 is 0 Å². The standard InChI is InChI=1S/C14H17N3O2S/c1-3-19-14(18)11-5-4-6-12(15)13(11)17-8-10-7-16-9(2)20-10/h4-7,17H,3,8,15H2,1-2H3. The molecule has 5 nitrogen and oxygen atoms in total. The van der Waals surface area contributed by atoms with Crippen molar-refractivity contribution in [3.63, 3.8) is 0 Å². The van der Waals surface area contributed by atoms with Crippen LogP contribution in [0.2, 0.25) is 0 Å². The molecule has 6 heteroatoms. The van der Waals surface area contributed by atoms with E-state index in [0.29, 0.717) is 30.1 Å². The summed E-state index contributed by atoms with van der Waals surface area (Å²) in [6, 6.07) is 5.20. The Morgan fingerprint density at radius 2 is 2.30 bits per heavy atom. The van der Waals surface area contributed by atoms with E-state index in [1.54, 1.807) is 36.5 Å². The number of hydrogen-bond acceptors (Lipinski definition) is 6. The molecule has 0 aliphatic rings. The summed E-state index contributed by atoms with van der Waals surface area (Å²) in [7, 11) is 0. The first-order valence-electron chi connectivity index (χ1n) is 6.32. The number of benzene rings is 1. The number of ether oxygens (including phenoxy) is 1. The number of rotatable bonds is 5. The summed E-state index contributed by atoms with van der Waals surface area (Å²) >= 11 is 1.61. The Kier molecular flexibility index (Phi) is 4.57. The van der Waals surface area contributed by atoms with Gasteiger partial charge >= 0.3 is 5.97 Å². The maximum Gasteiger partial charge on any atom is 0.340 e. The molecule has 1 heterocycles. The van der Waals surface area contributed by atoms with Gasteiger partial charge in [0.1, 0.15) is 0 Å². The molecule has 0 saturated carbocycles. The maximum absolute atomic E-state index is 11.9. The van der Waals surface area contributed by atoms with Crippen LogP contribution in [-0.2, 0) is 11.3 Å². The summed E-state index contributed by atoms with van der Waals surface area (Å²) in [6.07, 6.45) is 1.82. The van der Waals surface area contributed by atoms with Crippen LogP contribution in [0.5, 0.6) is 0 Å². The van der Waals surface area contributed by atoms with Crippen LogP contribution in [0.15, 0.2) is 24.4 Å². The molecule has 2 aromatic rings. The summed E-state index contributed by atoms with van der Waals surface area (Å²) < 4.78 is 5.04. The molecule has 0 aliphatic carbocycles. The molecule has 0 bridgehead atoms. The third-order valence-electron chi connectivity index (χ3n) is 2.70. The molecule has 20 heavy (non-hydrogen) atoms. The van der Waals surface area contributed by atoms with Crippen molar-refractivity contribution in [2.75, 3.05) is 17.7 Å². The van der Waals surface area contributed by atoms with Gasteiger partial charge in [-0.2, -0.15) is 0 Å². The summed E-state index contributed by atoms with van der Waals surface area (Å²) in [6.45, 7) is 4.64. The van der Waals surface area contributed by atoms with Crippen LogP contribution in [0, 0.1) is 6.92 Å². The van der Waals surface area contributed by atoms with E-state index in [0.717, 1.165) is 9.88 Å². The Balaban J connectivity index is 2.19. The van der Waals surface area contributed by atoms with Gasteiger partial charge in [0.2, 0.25) is 0 Å². The number of anilines is 2. The second-order valence-corrected chi connectivity index (χ2v) is 5.51. The number of nitrogens with two attached hydrogens (primary N) is 1. The molecule has 0 saturated heterocycles. The summed E-state index contributed by atoms with van der Waals surface area (Å²) in [4.78, 5) is 17.2. The number of nitrogens with one attached hydrogen (secondary N) is 1. The second kappa shape index (κ2) is 6.38. The molecule has 0 spiro atoms. The highest BCUT2D eigenvalue weighted by molar-refractivity contribution is 7.11. The van der Waals surface area contributed by atoms with Crippen LogP contribution < -0.4 is 11.1 Å². The molecule has 0 amide bonds. The van der Waals surface area contributed by atoms with Gasteiger partial charge in [-0.15, -0.1) is 11.3 Å². The van der Waals surface area contributed by atoms with E-state index in [1.807, 2.05) is 13.1 Å². The predicted molar refractivity (Wildman–Crippen MR) is 81.0 cm³/mol. The third-order valence-corrected chi connectivity index (χ3v) is 3.61. The molecule has 0 aliphatic heterocycles. The van der Waals surface area contributed by atoms with E-state index >= 15 is 0 Å². The molecule has 0 fully saturated rings. The van der Waals surface area contributed by atoms with Gasteiger partial charge in [-0.1, -0.05) is 6.07 Å². The van der Waals surface area contributed by atoms with Crippen molar-refractivity contribution in [2.24, 2.45) is 0 Å². The Morgan fingerprint density at radius 3 is 2.95 bits per heavy atom. The predicted octanol–water partition coefficient (Wildman–Crippen LogP) is 2.82. The number of aromatic nitrogens is 1. The number of thiazole rings is 1. The van der Waals surface area contributed by atoms with Gasteiger partial charge in [0.25, 0.3) is 0 Å². The largest absolute Gasteiger partial charge is 0.462 e. The normalized spacial score (nSPS) is 10.3. The number of hydrogen-bond donors (Lipinski definition) is 2. The SMILES string of the molecule is CCOC(=O)c1cccc(N)c1NCc1cnc(C)s1. The second-order valence-electron chi connectivity index (χ2n) is 4.19. The van der Waals surface area contributed by atoms with Gasteiger partial charge in [0, 0.05) is 11.1 Å². The van der Waals surface area contributed by atoms with E-state index in [1.165, 1.54) is 0 Å². The lowest BCUT2D eigenvalue weighted by molar-refractivity contribution is 0.0527. The number of aryl methyl sites for hydroxylation is 1. The van der Waals surface area contributed by atoms with Gasteiger partial charge in [0.15, 0.2) is 0 Å². The smallest absolute Gasteiger partial charge is 0.340 e. The highest BCUT2D eigenvalue weighted by Crippen LogP contribution is 2.25. The van der Waals surface area contributed by atoms with Crippen molar-refractivity contribution < 1.29 is 9.53 Å². The first kappa shape index (κ1) is 14.3. The summed E-state index contributed by atoms with van der Waals surface area (Å²) in [5.41, 5.74) is 7.53. The van der Waals surface area contributed by atoms with E-state index in [2.05, 4.69) is 10.3 Å². The zero-order chi connectivity index (χ0) is 14.5. The minimum atomic E-state index is -0.372. The molecular weight excluding hydrogens is 274 g/mol. The number of para-hydroxylation sites is 1. The molecule has 0 atom stereocenters. The van der Waals surface area contributed by atoms with Crippen molar-refractivity contribution in [2.45, 2.75) is 20.4 Å². The molecule has 3 N–H and O–H groups in total. The number of carbonyl (C=O) groups excluding carboxylic acids is 1. The van der Waals surface area contributed by atoms with Crippen LogP contribution >= 0.6 is 11.3 Å². The molecule has 2 rings (SSSR count). The van der Waals surface area contributed by atoms with Crippen molar-refractivity contribution >= 4 is 28.7 Å². The van der Waals surface area contributed by atoms with Crippen LogP contribution in [0.3, 0.4) is 0 Å². The lowest BCUT2D eigenvalue weighted by Gasteiger charge is -2.13. The van der Waals surface area contributed by atoms with Crippen LogP contribution in [0.25, 0.3) is 0 Å². The average molecular weight is 291 g/mol. The number of nitrogen functional groups attached to an aromatic ring is 1. The zero-order valence-electron chi connectivity index (χ0n) is 11.5. The molecular formula is C14H17N3O2S. The fraction of sp³-hybridized carbons (Fsp3) is 0.286. The third kappa shape index (κ3) is 3.27. The van der Waals surface area contributed by atoms with Gasteiger partial charge < -0.3 is 15.8 Å². The minimum absolute atomic E-state index is 0.334. The van der Waals surface area contributed by atoms with Crippen molar-refractivity contribution in [1.82, 2.24) is 4.98 Å². The molecule has 0 unspecified atom stereocenters. The number of carbonyl (C=O) groups is 1. The molecule has 1 aromatic heterocycles. The lowest BCUT2D eigenvalue weighted by atomic mass is 10.1. The highest BCUT2D eigenvalue weighted by atomic mass is 32.1.